The molecule has 4 rings (SSSR count). The molecule has 2 aromatic rings. The van der Waals surface area contributed by atoms with Crippen LogP contribution in [0.1, 0.15) is 53.0 Å². The van der Waals surface area contributed by atoms with Gasteiger partial charge in [-0.05, 0) is 81.1 Å². The Labute approximate surface area is 165 Å². The first-order valence-corrected chi connectivity index (χ1v) is 10.2. The molecule has 1 aromatic heterocycles. The first-order valence-electron chi connectivity index (χ1n) is 10.2. The fraction of sp³-hybridized carbons (Fsp3) is 0.455. The Morgan fingerprint density at radius 3 is 2.61 bits per heavy atom. The average molecular weight is 381 g/mol. The molecule has 2 amide bonds. The third kappa shape index (κ3) is 4.28. The van der Waals surface area contributed by atoms with E-state index in [0.29, 0.717) is 23.2 Å². The lowest BCUT2D eigenvalue weighted by molar-refractivity contribution is 0.0575. The second-order valence-electron chi connectivity index (χ2n) is 7.72. The molecule has 2 N–H and O–H groups in total. The Morgan fingerprint density at radius 2 is 1.82 bits per heavy atom. The minimum atomic E-state index is -0.309. The van der Waals surface area contributed by atoms with Crippen LogP contribution >= 0.6 is 0 Å². The first kappa shape index (κ1) is 18.7. The second kappa shape index (κ2) is 8.61. The lowest BCUT2D eigenvalue weighted by Crippen LogP contribution is -2.51. The van der Waals surface area contributed by atoms with E-state index < -0.39 is 0 Å². The molecule has 0 radical (unpaired) electrons. The Hall–Kier alpha value is -2.60. The van der Waals surface area contributed by atoms with E-state index in [1.165, 1.54) is 51.5 Å². The highest BCUT2D eigenvalue weighted by molar-refractivity contribution is 6.02. The molecular formula is C22H27N3O3. The zero-order chi connectivity index (χ0) is 19.3. The summed E-state index contributed by atoms with van der Waals surface area (Å²) in [6, 6.07) is 10.8. The quantitative estimate of drug-likeness (QED) is 0.831. The van der Waals surface area contributed by atoms with Crippen LogP contribution in [0.3, 0.4) is 0 Å². The number of benzene rings is 1. The molecule has 6 heteroatoms. The van der Waals surface area contributed by atoms with E-state index in [0.717, 1.165) is 6.54 Å². The normalized spacial score (nSPS) is 22.3. The Balaban J connectivity index is 1.30. The van der Waals surface area contributed by atoms with Crippen LogP contribution in [0.15, 0.2) is 47.1 Å². The van der Waals surface area contributed by atoms with E-state index in [4.69, 9.17) is 4.42 Å². The lowest BCUT2D eigenvalue weighted by Gasteiger charge is -2.44. The number of piperidine rings is 2. The number of hydrogen-bond donors (Lipinski definition) is 2. The van der Waals surface area contributed by atoms with Crippen LogP contribution in [0.4, 0.5) is 5.69 Å². The van der Waals surface area contributed by atoms with Crippen molar-refractivity contribution in [2.45, 2.75) is 38.1 Å². The molecule has 6 nitrogen and oxygen atoms in total. The number of fused-ring (bicyclic) bond motifs is 1. The van der Waals surface area contributed by atoms with Crippen LogP contribution in [-0.2, 0) is 0 Å². The summed E-state index contributed by atoms with van der Waals surface area (Å²) in [5.74, 6) is 0.435. The van der Waals surface area contributed by atoms with E-state index in [1.54, 1.807) is 36.4 Å². The number of nitrogens with one attached hydrogen (secondary N) is 2. The van der Waals surface area contributed by atoms with Gasteiger partial charge in [0.1, 0.15) is 0 Å². The molecule has 0 unspecified atom stereocenters. The maximum atomic E-state index is 12.5. The van der Waals surface area contributed by atoms with Crippen molar-refractivity contribution < 1.29 is 14.0 Å². The molecular weight excluding hydrogens is 354 g/mol. The maximum absolute atomic E-state index is 12.5. The second-order valence-corrected chi connectivity index (χ2v) is 7.72. The maximum Gasteiger partial charge on any atom is 0.291 e. The minimum absolute atomic E-state index is 0.0585. The van der Waals surface area contributed by atoms with Crippen LogP contribution in [0.25, 0.3) is 0 Å². The van der Waals surface area contributed by atoms with Gasteiger partial charge in [-0.25, -0.2) is 0 Å². The van der Waals surface area contributed by atoms with Crippen molar-refractivity contribution in [3.63, 3.8) is 0 Å². The van der Waals surface area contributed by atoms with Gasteiger partial charge in [-0.2, -0.15) is 0 Å². The highest BCUT2D eigenvalue weighted by atomic mass is 16.3. The molecule has 2 aliphatic heterocycles. The predicted octanol–water partition coefficient (Wildman–Crippen LogP) is 3.53. The largest absolute Gasteiger partial charge is 0.459 e. The number of hydrogen-bond acceptors (Lipinski definition) is 4. The average Bonchev–Trinajstić information content (AvgIpc) is 3.27. The van der Waals surface area contributed by atoms with Gasteiger partial charge in [0, 0.05) is 23.8 Å². The number of nitrogens with zero attached hydrogens (tertiary/aromatic N) is 1. The van der Waals surface area contributed by atoms with Crippen molar-refractivity contribution in [3.8, 4) is 0 Å². The molecule has 0 saturated carbocycles. The molecule has 148 valence electrons. The first-order chi connectivity index (χ1) is 13.7. The molecule has 2 atom stereocenters. The molecule has 28 heavy (non-hydrogen) atoms. The zero-order valence-corrected chi connectivity index (χ0v) is 16.0. The number of amides is 2. The van der Waals surface area contributed by atoms with Crippen LogP contribution in [-0.4, -0.2) is 42.4 Å². The van der Waals surface area contributed by atoms with Crippen LogP contribution in [0, 0.1) is 5.92 Å². The highest BCUT2D eigenvalue weighted by Crippen LogP contribution is 2.30. The van der Waals surface area contributed by atoms with Crippen molar-refractivity contribution in [2.75, 3.05) is 25.0 Å². The van der Waals surface area contributed by atoms with Gasteiger partial charge < -0.3 is 20.0 Å². The van der Waals surface area contributed by atoms with Gasteiger partial charge in [0.05, 0.1) is 6.26 Å². The molecule has 0 bridgehead atoms. The molecule has 0 spiro atoms. The molecule has 2 fully saturated rings. The van der Waals surface area contributed by atoms with Crippen molar-refractivity contribution in [1.82, 2.24) is 10.2 Å². The smallest absolute Gasteiger partial charge is 0.291 e. The Bertz CT molecular complexity index is 799. The summed E-state index contributed by atoms with van der Waals surface area (Å²) >= 11 is 0. The van der Waals surface area contributed by atoms with Crippen molar-refractivity contribution in [2.24, 2.45) is 5.92 Å². The van der Waals surface area contributed by atoms with Gasteiger partial charge in [0.15, 0.2) is 5.76 Å². The van der Waals surface area contributed by atoms with E-state index >= 15 is 0 Å². The summed E-state index contributed by atoms with van der Waals surface area (Å²) in [7, 11) is 0. The van der Waals surface area contributed by atoms with E-state index in [9.17, 15) is 9.59 Å². The number of furan rings is 1. The van der Waals surface area contributed by atoms with Crippen molar-refractivity contribution in [3.05, 3.63) is 54.0 Å². The van der Waals surface area contributed by atoms with Crippen LogP contribution in [0.5, 0.6) is 0 Å². The number of carbonyl (C=O) groups is 2. The summed E-state index contributed by atoms with van der Waals surface area (Å²) in [4.78, 5) is 27.2. The summed E-state index contributed by atoms with van der Waals surface area (Å²) < 4.78 is 5.08. The van der Waals surface area contributed by atoms with Gasteiger partial charge in [-0.1, -0.05) is 6.42 Å². The lowest BCUT2D eigenvalue weighted by atomic mass is 9.83. The van der Waals surface area contributed by atoms with Gasteiger partial charge in [-0.3, -0.25) is 9.59 Å². The third-order valence-corrected chi connectivity index (χ3v) is 5.90. The molecule has 0 aliphatic carbocycles. The van der Waals surface area contributed by atoms with Crippen molar-refractivity contribution >= 4 is 17.5 Å². The summed E-state index contributed by atoms with van der Waals surface area (Å²) in [6.07, 6.45) is 7.74. The standard InChI is InChI=1S/C22H27N3O3/c26-21(23-15-17-5-3-13-25-12-2-1-6-19(17)25)16-8-10-18(11-9-16)24-22(27)20-7-4-14-28-20/h4,7-11,14,17,19H,1-3,5-6,12-13,15H2,(H,23,26)(H,24,27)/t17-,19-/m1/s1. The van der Waals surface area contributed by atoms with Crippen LogP contribution < -0.4 is 10.6 Å². The number of anilines is 1. The van der Waals surface area contributed by atoms with Gasteiger partial charge in [0.25, 0.3) is 11.8 Å². The van der Waals surface area contributed by atoms with Crippen LogP contribution in [0.2, 0.25) is 0 Å². The molecule has 2 aliphatic rings. The fourth-order valence-electron chi connectivity index (χ4n) is 4.45. The molecule has 3 heterocycles. The zero-order valence-electron chi connectivity index (χ0n) is 16.0. The summed E-state index contributed by atoms with van der Waals surface area (Å²) in [6.45, 7) is 3.15. The monoisotopic (exact) mass is 381 g/mol. The van der Waals surface area contributed by atoms with Gasteiger partial charge >= 0.3 is 0 Å². The third-order valence-electron chi connectivity index (χ3n) is 5.90. The van der Waals surface area contributed by atoms with E-state index in [1.807, 2.05) is 0 Å². The van der Waals surface area contributed by atoms with Crippen molar-refractivity contribution in [1.29, 1.82) is 0 Å². The molecule has 1 aromatic carbocycles. The topological polar surface area (TPSA) is 74.6 Å². The fourth-order valence-corrected chi connectivity index (χ4v) is 4.45. The number of carbonyl (C=O) groups excluding carboxylic acids is 2. The Kier molecular flexibility index (Phi) is 5.76. The minimum Gasteiger partial charge on any atom is -0.459 e. The summed E-state index contributed by atoms with van der Waals surface area (Å²) in [5, 5.41) is 5.87. The van der Waals surface area contributed by atoms with E-state index in [2.05, 4.69) is 15.5 Å². The van der Waals surface area contributed by atoms with E-state index in [-0.39, 0.29) is 17.6 Å². The highest BCUT2D eigenvalue weighted by Gasteiger charge is 2.32. The summed E-state index contributed by atoms with van der Waals surface area (Å²) in [5.41, 5.74) is 1.23. The predicted molar refractivity (Wildman–Crippen MR) is 107 cm³/mol. The van der Waals surface area contributed by atoms with Gasteiger partial charge in [-0.15, -0.1) is 0 Å². The SMILES string of the molecule is O=C(NC[C@H]1CCCN2CCCC[C@H]12)c1ccc(NC(=O)c2ccco2)cc1. The molecule has 2 saturated heterocycles. The Morgan fingerprint density at radius 1 is 1.00 bits per heavy atom. The van der Waals surface area contributed by atoms with Gasteiger partial charge in [0.2, 0.25) is 0 Å². The number of rotatable bonds is 5.